The van der Waals surface area contributed by atoms with Crippen LogP contribution >= 0.6 is 0 Å². The number of hydrogen-bond acceptors (Lipinski definition) is 3. The van der Waals surface area contributed by atoms with E-state index in [1.165, 1.54) is 5.56 Å². The number of fused-ring (bicyclic) bond motifs is 1. The fourth-order valence-electron chi connectivity index (χ4n) is 2.71. The Labute approximate surface area is 153 Å². The van der Waals surface area contributed by atoms with Crippen LogP contribution in [-0.4, -0.2) is 22.7 Å². The van der Waals surface area contributed by atoms with Crippen LogP contribution in [0.2, 0.25) is 0 Å². The van der Waals surface area contributed by atoms with Crippen LogP contribution in [0.5, 0.6) is 5.75 Å². The zero-order chi connectivity index (χ0) is 18.6. The summed E-state index contributed by atoms with van der Waals surface area (Å²) in [6, 6.07) is 13.8. The molecule has 0 saturated heterocycles. The number of aromatic nitrogens is 2. The van der Waals surface area contributed by atoms with Crippen molar-refractivity contribution < 1.29 is 9.53 Å². The lowest BCUT2D eigenvalue weighted by atomic mass is 9.87. The zero-order valence-corrected chi connectivity index (χ0v) is 15.5. The third kappa shape index (κ3) is 4.63. The highest BCUT2D eigenvalue weighted by Gasteiger charge is 2.13. The van der Waals surface area contributed by atoms with Crippen molar-refractivity contribution in [2.45, 2.75) is 39.0 Å². The molecule has 136 valence electrons. The van der Waals surface area contributed by atoms with Gasteiger partial charge in [0.1, 0.15) is 5.75 Å². The largest absolute Gasteiger partial charge is 0.494 e. The third-order valence-electron chi connectivity index (χ3n) is 4.26. The molecule has 3 rings (SSSR count). The number of H-pyrrole nitrogens is 1. The van der Waals surface area contributed by atoms with Crippen LogP contribution in [0.4, 0.5) is 5.69 Å². The van der Waals surface area contributed by atoms with Gasteiger partial charge in [0.2, 0.25) is 5.91 Å². The molecule has 3 aromatic rings. The van der Waals surface area contributed by atoms with E-state index in [1.807, 2.05) is 30.3 Å². The van der Waals surface area contributed by atoms with E-state index in [1.54, 1.807) is 6.20 Å². The number of ether oxygens (including phenoxy) is 1. The van der Waals surface area contributed by atoms with Crippen LogP contribution in [-0.2, 0) is 10.2 Å². The summed E-state index contributed by atoms with van der Waals surface area (Å²) < 4.78 is 5.73. The highest BCUT2D eigenvalue weighted by Crippen LogP contribution is 2.24. The Bertz CT molecular complexity index is 876. The number of anilines is 1. The molecule has 0 spiro atoms. The molecule has 0 bridgehead atoms. The summed E-state index contributed by atoms with van der Waals surface area (Å²) in [4.78, 5) is 12.1. The monoisotopic (exact) mass is 351 g/mol. The van der Waals surface area contributed by atoms with Crippen LogP contribution < -0.4 is 10.1 Å². The Kier molecular flexibility index (Phi) is 5.26. The minimum absolute atomic E-state index is 0.0180. The lowest BCUT2D eigenvalue weighted by Crippen LogP contribution is -2.13. The Morgan fingerprint density at radius 1 is 1.15 bits per heavy atom. The minimum atomic E-state index is -0.0180. The average molecular weight is 351 g/mol. The van der Waals surface area contributed by atoms with Gasteiger partial charge in [0.15, 0.2) is 0 Å². The Balaban J connectivity index is 1.42. The SMILES string of the molecule is CC(C)(C)c1ccc(OCCCC(=O)Nc2ccc3cn[nH]c3c2)cc1. The molecule has 0 saturated carbocycles. The number of aromatic amines is 1. The van der Waals surface area contributed by atoms with E-state index in [0.29, 0.717) is 19.4 Å². The first-order valence-electron chi connectivity index (χ1n) is 8.88. The number of hydrogen-bond donors (Lipinski definition) is 2. The van der Waals surface area contributed by atoms with Gasteiger partial charge in [-0.05, 0) is 47.7 Å². The molecule has 0 aliphatic heterocycles. The molecule has 26 heavy (non-hydrogen) atoms. The third-order valence-corrected chi connectivity index (χ3v) is 4.26. The zero-order valence-electron chi connectivity index (χ0n) is 15.5. The first-order chi connectivity index (χ1) is 12.4. The second-order valence-electron chi connectivity index (χ2n) is 7.45. The first-order valence-corrected chi connectivity index (χ1v) is 8.88. The van der Waals surface area contributed by atoms with Gasteiger partial charge in [0.25, 0.3) is 0 Å². The molecule has 5 nitrogen and oxygen atoms in total. The predicted molar refractivity (Wildman–Crippen MR) is 105 cm³/mol. The summed E-state index contributed by atoms with van der Waals surface area (Å²) in [6.07, 6.45) is 2.84. The van der Waals surface area contributed by atoms with Crippen LogP contribution in [0.1, 0.15) is 39.2 Å². The molecule has 2 N–H and O–H groups in total. The summed E-state index contributed by atoms with van der Waals surface area (Å²) in [5.74, 6) is 0.818. The number of carbonyl (C=O) groups is 1. The van der Waals surface area contributed by atoms with Gasteiger partial charge >= 0.3 is 0 Å². The molecule has 0 unspecified atom stereocenters. The fourth-order valence-corrected chi connectivity index (χ4v) is 2.71. The minimum Gasteiger partial charge on any atom is -0.494 e. The predicted octanol–water partition coefficient (Wildman–Crippen LogP) is 4.66. The Morgan fingerprint density at radius 3 is 2.65 bits per heavy atom. The molecule has 1 amide bonds. The van der Waals surface area contributed by atoms with E-state index in [4.69, 9.17) is 4.74 Å². The molecule has 0 aliphatic rings. The molecular formula is C21H25N3O2. The molecule has 5 heteroatoms. The maximum Gasteiger partial charge on any atom is 0.224 e. The normalized spacial score (nSPS) is 11.5. The van der Waals surface area contributed by atoms with Crippen molar-refractivity contribution in [3.8, 4) is 5.75 Å². The van der Waals surface area contributed by atoms with Gasteiger partial charge in [0.05, 0.1) is 18.3 Å². The van der Waals surface area contributed by atoms with Crippen LogP contribution in [0.15, 0.2) is 48.7 Å². The number of carbonyl (C=O) groups excluding carboxylic acids is 1. The summed E-state index contributed by atoms with van der Waals surface area (Å²) >= 11 is 0. The number of nitrogens with one attached hydrogen (secondary N) is 2. The second kappa shape index (κ2) is 7.60. The molecule has 1 aromatic heterocycles. The second-order valence-corrected chi connectivity index (χ2v) is 7.45. The number of rotatable bonds is 6. The number of nitrogens with zero attached hydrogens (tertiary/aromatic N) is 1. The highest BCUT2D eigenvalue weighted by atomic mass is 16.5. The summed E-state index contributed by atoms with van der Waals surface area (Å²) in [5.41, 5.74) is 3.09. The topological polar surface area (TPSA) is 67.0 Å². The average Bonchev–Trinajstić information content (AvgIpc) is 3.06. The van der Waals surface area contributed by atoms with E-state index < -0.39 is 0 Å². The molecule has 0 radical (unpaired) electrons. The van der Waals surface area contributed by atoms with Crippen LogP contribution in [0, 0.1) is 0 Å². The Morgan fingerprint density at radius 2 is 1.92 bits per heavy atom. The van der Waals surface area contributed by atoms with Gasteiger partial charge in [-0.25, -0.2) is 0 Å². The summed E-state index contributed by atoms with van der Waals surface area (Å²) in [6.45, 7) is 7.07. The van der Waals surface area contributed by atoms with E-state index in [2.05, 4.69) is 48.4 Å². The molecule has 2 aromatic carbocycles. The summed E-state index contributed by atoms with van der Waals surface area (Å²) in [7, 11) is 0. The van der Waals surface area contributed by atoms with E-state index in [0.717, 1.165) is 22.3 Å². The van der Waals surface area contributed by atoms with Crippen molar-refractivity contribution in [3.05, 3.63) is 54.2 Å². The van der Waals surface area contributed by atoms with Crippen molar-refractivity contribution in [2.75, 3.05) is 11.9 Å². The van der Waals surface area contributed by atoms with Gasteiger partial charge < -0.3 is 10.1 Å². The van der Waals surface area contributed by atoms with Crippen molar-refractivity contribution in [2.24, 2.45) is 0 Å². The lowest BCUT2D eigenvalue weighted by molar-refractivity contribution is -0.116. The number of amides is 1. The van der Waals surface area contributed by atoms with E-state index >= 15 is 0 Å². The Hall–Kier alpha value is -2.82. The molecular weight excluding hydrogens is 326 g/mol. The van der Waals surface area contributed by atoms with Gasteiger partial charge in [-0.3, -0.25) is 9.89 Å². The molecule has 0 aliphatic carbocycles. The molecule has 1 heterocycles. The van der Waals surface area contributed by atoms with Crippen LogP contribution in [0.25, 0.3) is 10.9 Å². The van der Waals surface area contributed by atoms with Crippen LogP contribution in [0.3, 0.4) is 0 Å². The lowest BCUT2D eigenvalue weighted by Gasteiger charge is -2.19. The van der Waals surface area contributed by atoms with E-state index in [-0.39, 0.29) is 11.3 Å². The van der Waals surface area contributed by atoms with Gasteiger partial charge in [-0.1, -0.05) is 32.9 Å². The fraction of sp³-hybridized carbons (Fsp3) is 0.333. The molecule has 0 atom stereocenters. The summed E-state index contributed by atoms with van der Waals surface area (Å²) in [5, 5.41) is 10.8. The maximum absolute atomic E-state index is 12.1. The van der Waals surface area contributed by atoms with Gasteiger partial charge in [-0.15, -0.1) is 0 Å². The van der Waals surface area contributed by atoms with Gasteiger partial charge in [-0.2, -0.15) is 5.10 Å². The quantitative estimate of drug-likeness (QED) is 0.635. The van der Waals surface area contributed by atoms with Crippen molar-refractivity contribution in [1.82, 2.24) is 10.2 Å². The highest BCUT2D eigenvalue weighted by molar-refractivity contribution is 5.93. The van der Waals surface area contributed by atoms with Crippen molar-refractivity contribution in [1.29, 1.82) is 0 Å². The van der Waals surface area contributed by atoms with Crippen molar-refractivity contribution >= 4 is 22.5 Å². The molecule has 0 fully saturated rings. The smallest absolute Gasteiger partial charge is 0.224 e. The van der Waals surface area contributed by atoms with Crippen molar-refractivity contribution in [3.63, 3.8) is 0 Å². The van der Waals surface area contributed by atoms with E-state index in [9.17, 15) is 4.79 Å². The maximum atomic E-state index is 12.1. The number of benzene rings is 2. The van der Waals surface area contributed by atoms with Gasteiger partial charge in [0, 0.05) is 17.5 Å². The standard InChI is InChI=1S/C21H25N3O2/c1-21(2,3)16-7-10-18(11-8-16)26-12-4-5-20(25)23-17-9-6-15-14-22-24-19(15)13-17/h6-11,13-14H,4-5,12H2,1-3H3,(H,22,24)(H,23,25). The first kappa shape index (κ1) is 18.0.